The number of ether oxygens (including phenoxy) is 1. The van der Waals surface area contributed by atoms with Gasteiger partial charge in [0.15, 0.2) is 5.82 Å². The first-order valence-electron chi connectivity index (χ1n) is 8.96. The molecule has 0 spiro atoms. The molecule has 3 heterocycles. The fraction of sp³-hybridized carbons (Fsp3) is 0.706. The Kier molecular flexibility index (Phi) is 6.17. The van der Waals surface area contributed by atoms with Crippen molar-refractivity contribution < 1.29 is 9.26 Å². The van der Waals surface area contributed by atoms with Crippen LogP contribution >= 0.6 is 0 Å². The molecule has 0 aliphatic carbocycles. The summed E-state index contributed by atoms with van der Waals surface area (Å²) in [6.45, 7) is 10.6. The number of imidazole rings is 1. The quantitative estimate of drug-likeness (QED) is 0.709. The molecule has 1 saturated heterocycles. The van der Waals surface area contributed by atoms with Crippen molar-refractivity contribution in [2.24, 2.45) is 0 Å². The van der Waals surface area contributed by atoms with Gasteiger partial charge in [0, 0.05) is 58.1 Å². The molecule has 138 valence electrons. The third kappa shape index (κ3) is 4.65. The van der Waals surface area contributed by atoms with Crippen molar-refractivity contribution >= 4 is 0 Å². The first-order chi connectivity index (χ1) is 12.2. The van der Waals surface area contributed by atoms with E-state index >= 15 is 0 Å². The summed E-state index contributed by atoms with van der Waals surface area (Å²) in [6.07, 6.45) is 4.62. The van der Waals surface area contributed by atoms with Gasteiger partial charge in [-0.05, 0) is 13.8 Å². The van der Waals surface area contributed by atoms with E-state index in [1.807, 2.05) is 12.4 Å². The summed E-state index contributed by atoms with van der Waals surface area (Å²) in [7, 11) is 1.68. The number of aromatic nitrogens is 4. The summed E-state index contributed by atoms with van der Waals surface area (Å²) >= 11 is 0. The van der Waals surface area contributed by atoms with Crippen LogP contribution in [0.25, 0.3) is 0 Å². The molecule has 2 aromatic heterocycles. The van der Waals surface area contributed by atoms with Gasteiger partial charge in [-0.1, -0.05) is 5.16 Å². The molecule has 3 rings (SSSR count). The van der Waals surface area contributed by atoms with Gasteiger partial charge in [-0.25, -0.2) is 4.98 Å². The lowest BCUT2D eigenvalue weighted by Gasteiger charge is -2.39. The van der Waals surface area contributed by atoms with E-state index in [0.717, 1.165) is 44.4 Å². The van der Waals surface area contributed by atoms with Crippen LogP contribution in [0, 0.1) is 0 Å². The maximum atomic E-state index is 5.36. The zero-order chi connectivity index (χ0) is 17.6. The van der Waals surface area contributed by atoms with Crippen LogP contribution in [0.3, 0.4) is 0 Å². The molecule has 8 nitrogen and oxygen atoms in total. The van der Waals surface area contributed by atoms with Crippen molar-refractivity contribution in [3.63, 3.8) is 0 Å². The molecule has 8 heteroatoms. The Morgan fingerprint density at radius 1 is 1.32 bits per heavy atom. The topological polar surface area (TPSA) is 72.5 Å². The number of hydrogen-bond donors (Lipinski definition) is 0. The molecule has 1 fully saturated rings. The molecule has 0 N–H and O–H groups in total. The molecule has 0 bridgehead atoms. The van der Waals surface area contributed by atoms with Gasteiger partial charge >= 0.3 is 0 Å². The minimum atomic E-state index is 0.464. The summed E-state index contributed by atoms with van der Waals surface area (Å²) in [5, 5.41) is 4.01. The SMILES string of the molecule is CCn1ccnc1CN1CCN(Cc2nc(CCOC)no2)CC1C. The van der Waals surface area contributed by atoms with Crippen LogP contribution in [0.4, 0.5) is 0 Å². The van der Waals surface area contributed by atoms with E-state index < -0.39 is 0 Å². The van der Waals surface area contributed by atoms with Crippen molar-refractivity contribution in [3.8, 4) is 0 Å². The molecule has 1 atom stereocenters. The lowest BCUT2D eigenvalue weighted by molar-refractivity contribution is 0.0643. The van der Waals surface area contributed by atoms with E-state index in [1.54, 1.807) is 7.11 Å². The largest absolute Gasteiger partial charge is 0.384 e. The lowest BCUT2D eigenvalue weighted by Crippen LogP contribution is -2.51. The highest BCUT2D eigenvalue weighted by molar-refractivity contribution is 4.94. The van der Waals surface area contributed by atoms with Crippen LogP contribution in [0.1, 0.15) is 31.4 Å². The Bertz CT molecular complexity index is 655. The van der Waals surface area contributed by atoms with E-state index in [9.17, 15) is 0 Å². The molecule has 0 aromatic carbocycles. The van der Waals surface area contributed by atoms with Crippen molar-refractivity contribution in [3.05, 3.63) is 29.9 Å². The molecule has 2 aromatic rings. The van der Waals surface area contributed by atoms with Crippen molar-refractivity contribution in [1.29, 1.82) is 0 Å². The highest BCUT2D eigenvalue weighted by atomic mass is 16.5. The number of piperazine rings is 1. The molecule has 1 aliphatic rings. The van der Waals surface area contributed by atoms with Gasteiger partial charge in [-0.15, -0.1) is 0 Å². The standard InChI is InChI=1S/C17H28N6O2/c1-4-22-7-6-18-16(22)12-23-9-8-21(11-14(23)2)13-17-19-15(20-25-17)5-10-24-3/h6-7,14H,4-5,8-13H2,1-3H3. The lowest BCUT2D eigenvalue weighted by atomic mass is 10.2. The fourth-order valence-corrected chi connectivity index (χ4v) is 3.25. The summed E-state index contributed by atoms with van der Waals surface area (Å²) in [4.78, 5) is 13.8. The molecule has 0 radical (unpaired) electrons. The van der Waals surface area contributed by atoms with Crippen LogP contribution in [0.5, 0.6) is 0 Å². The van der Waals surface area contributed by atoms with Gasteiger partial charge in [-0.2, -0.15) is 4.98 Å². The second-order valence-electron chi connectivity index (χ2n) is 6.53. The maximum Gasteiger partial charge on any atom is 0.240 e. The Morgan fingerprint density at radius 2 is 2.20 bits per heavy atom. The Hall–Kier alpha value is -1.77. The van der Waals surface area contributed by atoms with E-state index in [-0.39, 0.29) is 0 Å². The summed E-state index contributed by atoms with van der Waals surface area (Å²) in [5.74, 6) is 2.55. The molecular weight excluding hydrogens is 320 g/mol. The van der Waals surface area contributed by atoms with Gasteiger partial charge in [0.1, 0.15) is 5.82 Å². The van der Waals surface area contributed by atoms with Gasteiger partial charge < -0.3 is 13.8 Å². The normalized spacial score (nSPS) is 19.6. The number of methoxy groups -OCH3 is 1. The van der Waals surface area contributed by atoms with Crippen LogP contribution in [0.2, 0.25) is 0 Å². The fourth-order valence-electron chi connectivity index (χ4n) is 3.25. The second-order valence-corrected chi connectivity index (χ2v) is 6.53. The highest BCUT2D eigenvalue weighted by Gasteiger charge is 2.25. The number of hydrogen-bond acceptors (Lipinski definition) is 7. The Balaban J connectivity index is 1.50. The number of aryl methyl sites for hydroxylation is 1. The van der Waals surface area contributed by atoms with Crippen molar-refractivity contribution in [2.75, 3.05) is 33.4 Å². The van der Waals surface area contributed by atoms with E-state index in [2.05, 4.69) is 43.3 Å². The molecule has 25 heavy (non-hydrogen) atoms. The van der Waals surface area contributed by atoms with Crippen molar-refractivity contribution in [2.45, 2.75) is 45.9 Å². The summed E-state index contributed by atoms with van der Waals surface area (Å²) in [5.41, 5.74) is 0. The minimum Gasteiger partial charge on any atom is -0.384 e. The molecule has 1 unspecified atom stereocenters. The Labute approximate surface area is 148 Å². The van der Waals surface area contributed by atoms with Crippen LogP contribution in [-0.4, -0.2) is 68.9 Å². The third-order valence-electron chi connectivity index (χ3n) is 4.73. The average Bonchev–Trinajstić information content (AvgIpc) is 3.24. The smallest absolute Gasteiger partial charge is 0.240 e. The van der Waals surface area contributed by atoms with Gasteiger partial charge in [0.2, 0.25) is 5.89 Å². The minimum absolute atomic E-state index is 0.464. The predicted octanol–water partition coefficient (Wildman–Crippen LogP) is 1.18. The van der Waals surface area contributed by atoms with Crippen LogP contribution < -0.4 is 0 Å². The average molecular weight is 348 g/mol. The number of rotatable bonds is 8. The zero-order valence-electron chi connectivity index (χ0n) is 15.4. The first-order valence-corrected chi connectivity index (χ1v) is 8.96. The van der Waals surface area contributed by atoms with Gasteiger partial charge in [0.25, 0.3) is 0 Å². The van der Waals surface area contributed by atoms with Crippen LogP contribution in [0.15, 0.2) is 16.9 Å². The van der Waals surface area contributed by atoms with Gasteiger partial charge in [-0.3, -0.25) is 9.80 Å². The predicted molar refractivity (Wildman–Crippen MR) is 92.9 cm³/mol. The molecule has 0 saturated carbocycles. The first kappa shape index (κ1) is 18.0. The number of nitrogens with zero attached hydrogens (tertiary/aromatic N) is 6. The third-order valence-corrected chi connectivity index (χ3v) is 4.73. The van der Waals surface area contributed by atoms with Gasteiger partial charge in [0.05, 0.1) is 19.7 Å². The van der Waals surface area contributed by atoms with E-state index in [0.29, 0.717) is 31.5 Å². The molecular formula is C17H28N6O2. The van der Waals surface area contributed by atoms with E-state index in [1.165, 1.54) is 0 Å². The Morgan fingerprint density at radius 3 is 2.96 bits per heavy atom. The monoisotopic (exact) mass is 348 g/mol. The van der Waals surface area contributed by atoms with Crippen molar-refractivity contribution in [1.82, 2.24) is 29.5 Å². The summed E-state index contributed by atoms with van der Waals surface area (Å²) in [6, 6.07) is 0.464. The summed E-state index contributed by atoms with van der Waals surface area (Å²) < 4.78 is 12.6. The van der Waals surface area contributed by atoms with Crippen LogP contribution in [-0.2, 0) is 30.8 Å². The van der Waals surface area contributed by atoms with E-state index in [4.69, 9.17) is 9.26 Å². The second kappa shape index (κ2) is 8.55. The highest BCUT2D eigenvalue weighted by Crippen LogP contribution is 2.15. The molecule has 0 amide bonds. The zero-order valence-corrected chi connectivity index (χ0v) is 15.4. The maximum absolute atomic E-state index is 5.36. The molecule has 1 aliphatic heterocycles.